The predicted octanol–water partition coefficient (Wildman–Crippen LogP) is 0.570. The van der Waals surface area contributed by atoms with Crippen molar-refractivity contribution in [3.63, 3.8) is 0 Å². The maximum atomic E-state index is 13.0. The summed E-state index contributed by atoms with van der Waals surface area (Å²) in [6.07, 6.45) is 0.0830. The molecule has 36 heavy (non-hydrogen) atoms. The number of benzene rings is 2. The molecule has 8 N–H and O–H groups in total. The van der Waals surface area contributed by atoms with E-state index in [4.69, 9.17) is 21.7 Å². The molecule has 0 saturated carbocycles. The molecule has 2 unspecified atom stereocenters. The Hall–Kier alpha value is -3.90. The standard InChI is InChI=1S/2C12H15FN2O3/c1-7(14)11(16)15-10(12(17)18)6-8-2-4-9(13)5-3-8;1-7(14)11(16)15-10(12(17)18)6-8-3-2-4-9(13)5-8/h2*2-5,7,10H,6,14H2,1H3,(H,15,16)(H,17,18)/t2*7-,10?/m00/s1. The van der Waals surface area contributed by atoms with Gasteiger partial charge in [-0.1, -0.05) is 24.3 Å². The van der Waals surface area contributed by atoms with Crippen LogP contribution in [0.15, 0.2) is 48.5 Å². The third-order valence-corrected chi connectivity index (χ3v) is 4.74. The van der Waals surface area contributed by atoms with Crippen molar-refractivity contribution in [3.05, 3.63) is 71.3 Å². The number of nitrogens with two attached hydrogens (primary N) is 2. The van der Waals surface area contributed by atoms with E-state index < -0.39 is 59.6 Å². The summed E-state index contributed by atoms with van der Waals surface area (Å²) >= 11 is 0. The number of carboxylic acids is 2. The Morgan fingerprint density at radius 1 is 0.750 bits per heavy atom. The highest BCUT2D eigenvalue weighted by atomic mass is 19.1. The number of hydrogen-bond acceptors (Lipinski definition) is 6. The lowest BCUT2D eigenvalue weighted by atomic mass is 10.1. The van der Waals surface area contributed by atoms with Crippen LogP contribution in [0.4, 0.5) is 8.78 Å². The van der Waals surface area contributed by atoms with E-state index in [2.05, 4.69) is 10.6 Å². The van der Waals surface area contributed by atoms with Gasteiger partial charge in [-0.05, 0) is 49.2 Å². The van der Waals surface area contributed by atoms with Crippen LogP contribution in [0.1, 0.15) is 25.0 Å². The second kappa shape index (κ2) is 14.5. The first-order valence-electron chi connectivity index (χ1n) is 10.9. The zero-order valence-electron chi connectivity index (χ0n) is 19.8. The maximum Gasteiger partial charge on any atom is 0.326 e. The second-order valence-corrected chi connectivity index (χ2v) is 8.04. The fourth-order valence-electron chi connectivity index (χ4n) is 2.76. The van der Waals surface area contributed by atoms with Crippen LogP contribution in [0.25, 0.3) is 0 Å². The van der Waals surface area contributed by atoms with Crippen molar-refractivity contribution in [3.8, 4) is 0 Å². The Morgan fingerprint density at radius 3 is 1.58 bits per heavy atom. The van der Waals surface area contributed by atoms with E-state index in [-0.39, 0.29) is 12.8 Å². The summed E-state index contributed by atoms with van der Waals surface area (Å²) in [4.78, 5) is 44.7. The zero-order valence-corrected chi connectivity index (χ0v) is 19.8. The van der Waals surface area contributed by atoms with Crippen LogP contribution < -0.4 is 22.1 Å². The van der Waals surface area contributed by atoms with Crippen molar-refractivity contribution in [1.29, 1.82) is 0 Å². The van der Waals surface area contributed by atoms with Crippen molar-refractivity contribution in [2.45, 2.75) is 50.9 Å². The molecule has 196 valence electrons. The van der Waals surface area contributed by atoms with Crippen molar-refractivity contribution < 1.29 is 38.2 Å². The van der Waals surface area contributed by atoms with Gasteiger partial charge in [0.05, 0.1) is 12.1 Å². The molecule has 2 rings (SSSR count). The lowest BCUT2D eigenvalue weighted by molar-refractivity contribution is -0.142. The van der Waals surface area contributed by atoms with Gasteiger partial charge in [0.25, 0.3) is 0 Å². The smallest absolute Gasteiger partial charge is 0.326 e. The van der Waals surface area contributed by atoms with E-state index in [0.717, 1.165) is 0 Å². The largest absolute Gasteiger partial charge is 0.480 e. The van der Waals surface area contributed by atoms with E-state index in [1.807, 2.05) is 0 Å². The van der Waals surface area contributed by atoms with Gasteiger partial charge in [0, 0.05) is 12.8 Å². The van der Waals surface area contributed by atoms with E-state index in [0.29, 0.717) is 11.1 Å². The third kappa shape index (κ3) is 11.0. The van der Waals surface area contributed by atoms with Gasteiger partial charge in [0.2, 0.25) is 11.8 Å². The van der Waals surface area contributed by atoms with Gasteiger partial charge in [-0.15, -0.1) is 0 Å². The number of nitrogens with one attached hydrogen (secondary N) is 2. The van der Waals surface area contributed by atoms with Crippen LogP contribution >= 0.6 is 0 Å². The maximum absolute atomic E-state index is 13.0. The molecule has 12 heteroatoms. The Labute approximate surface area is 206 Å². The van der Waals surface area contributed by atoms with Crippen LogP contribution in [-0.2, 0) is 32.0 Å². The number of halogens is 2. The average molecular weight is 509 g/mol. The molecule has 2 aromatic rings. The van der Waals surface area contributed by atoms with Crippen molar-refractivity contribution >= 4 is 23.8 Å². The molecule has 4 atom stereocenters. The lowest BCUT2D eigenvalue weighted by Crippen LogP contribution is -2.48. The number of carbonyl (C=O) groups is 4. The first-order valence-corrected chi connectivity index (χ1v) is 10.9. The minimum atomic E-state index is -1.19. The monoisotopic (exact) mass is 508 g/mol. The highest BCUT2D eigenvalue weighted by molar-refractivity contribution is 5.87. The van der Waals surface area contributed by atoms with Crippen molar-refractivity contribution in [2.24, 2.45) is 11.5 Å². The molecule has 0 heterocycles. The molecule has 0 saturated heterocycles. The minimum absolute atomic E-state index is 0.00551. The molecule has 0 bridgehead atoms. The SMILES string of the molecule is C[C@H](N)C(=O)NC(Cc1ccc(F)cc1)C(=O)O.C[C@H](N)C(=O)NC(Cc1cccc(F)c1)C(=O)O. The molecule has 0 aliphatic rings. The molecule has 0 aliphatic carbocycles. The second-order valence-electron chi connectivity index (χ2n) is 8.04. The molecule has 0 spiro atoms. The summed E-state index contributed by atoms with van der Waals surface area (Å²) in [5.74, 6) is -4.29. The molecule has 0 fully saturated rings. The number of carboxylic acid groups (broad SMARTS) is 2. The van der Waals surface area contributed by atoms with Gasteiger partial charge in [-0.2, -0.15) is 0 Å². The molecule has 0 aliphatic heterocycles. The minimum Gasteiger partial charge on any atom is -0.480 e. The lowest BCUT2D eigenvalue weighted by Gasteiger charge is -2.16. The van der Waals surface area contributed by atoms with Crippen LogP contribution in [0.2, 0.25) is 0 Å². The van der Waals surface area contributed by atoms with Crippen LogP contribution in [0.3, 0.4) is 0 Å². The Bertz CT molecular complexity index is 1050. The van der Waals surface area contributed by atoms with E-state index in [9.17, 15) is 28.0 Å². The van der Waals surface area contributed by atoms with E-state index >= 15 is 0 Å². The number of aliphatic carboxylic acids is 2. The van der Waals surface area contributed by atoms with Gasteiger partial charge in [-0.3, -0.25) is 9.59 Å². The van der Waals surface area contributed by atoms with Crippen LogP contribution in [0, 0.1) is 11.6 Å². The highest BCUT2D eigenvalue weighted by Gasteiger charge is 2.23. The van der Waals surface area contributed by atoms with Crippen molar-refractivity contribution in [1.82, 2.24) is 10.6 Å². The quantitative estimate of drug-likeness (QED) is 0.269. The Morgan fingerprint density at radius 2 is 1.19 bits per heavy atom. The van der Waals surface area contributed by atoms with Crippen molar-refractivity contribution in [2.75, 3.05) is 0 Å². The van der Waals surface area contributed by atoms with Crippen LogP contribution in [0.5, 0.6) is 0 Å². The zero-order chi connectivity index (χ0) is 27.4. The molecule has 10 nitrogen and oxygen atoms in total. The Balaban J connectivity index is 0.000000360. The fraction of sp³-hybridized carbons (Fsp3) is 0.333. The average Bonchev–Trinajstić information content (AvgIpc) is 2.79. The van der Waals surface area contributed by atoms with E-state index in [1.165, 1.54) is 56.3 Å². The number of rotatable bonds is 10. The first kappa shape index (κ1) is 30.1. The van der Waals surface area contributed by atoms with Gasteiger partial charge in [-0.25, -0.2) is 18.4 Å². The summed E-state index contributed by atoms with van der Waals surface area (Å²) in [6, 6.07) is 7.23. The van der Waals surface area contributed by atoms with E-state index in [1.54, 1.807) is 6.07 Å². The van der Waals surface area contributed by atoms with Gasteiger partial charge < -0.3 is 32.3 Å². The fourth-order valence-corrected chi connectivity index (χ4v) is 2.76. The molecule has 0 aromatic heterocycles. The molecular weight excluding hydrogens is 478 g/mol. The summed E-state index contributed by atoms with van der Waals surface area (Å²) in [5, 5.41) is 22.6. The molecule has 0 radical (unpaired) electrons. The molecular formula is C24H30F2N4O6. The van der Waals surface area contributed by atoms with Gasteiger partial charge in [0.15, 0.2) is 0 Å². The number of hydrogen-bond donors (Lipinski definition) is 6. The summed E-state index contributed by atoms with van der Waals surface area (Å²) in [5.41, 5.74) is 11.8. The first-order chi connectivity index (χ1) is 16.8. The topological polar surface area (TPSA) is 185 Å². The number of carbonyl (C=O) groups excluding carboxylic acids is 2. The van der Waals surface area contributed by atoms with Gasteiger partial charge >= 0.3 is 11.9 Å². The van der Waals surface area contributed by atoms with Gasteiger partial charge in [0.1, 0.15) is 23.7 Å². The highest BCUT2D eigenvalue weighted by Crippen LogP contribution is 2.08. The summed E-state index contributed by atoms with van der Waals surface area (Å²) < 4.78 is 25.7. The molecule has 2 amide bonds. The summed E-state index contributed by atoms with van der Waals surface area (Å²) in [6.45, 7) is 2.92. The number of amides is 2. The summed E-state index contributed by atoms with van der Waals surface area (Å²) in [7, 11) is 0. The Kier molecular flexibility index (Phi) is 12.1. The van der Waals surface area contributed by atoms with Crippen LogP contribution in [-0.4, -0.2) is 58.1 Å². The normalized spacial score (nSPS) is 13.7. The molecule has 2 aromatic carbocycles. The predicted molar refractivity (Wildman–Crippen MR) is 127 cm³/mol. The third-order valence-electron chi connectivity index (χ3n) is 4.74.